The Morgan fingerprint density at radius 2 is 0.808 bits per heavy atom. The van der Waals surface area contributed by atoms with Gasteiger partial charge in [0.25, 0.3) is 23.6 Å². The van der Waals surface area contributed by atoms with Crippen molar-refractivity contribution < 1.29 is 19.2 Å². The number of fused-ring (bicyclic) bond motifs is 2. The highest BCUT2D eigenvalue weighted by Gasteiger charge is 2.41. The van der Waals surface area contributed by atoms with E-state index < -0.39 is 35.7 Å². The van der Waals surface area contributed by atoms with Crippen LogP contribution in [-0.4, -0.2) is 33.4 Å². The Morgan fingerprint density at radius 1 is 0.462 bits per heavy atom. The van der Waals surface area contributed by atoms with Gasteiger partial charge in [-0.25, -0.2) is 0 Å². The molecule has 9 rings (SSSR count). The van der Waals surface area contributed by atoms with Crippen molar-refractivity contribution >= 4 is 66.7 Å². The van der Waals surface area contributed by atoms with Crippen LogP contribution in [0.1, 0.15) is 101 Å². The second-order valence-corrected chi connectivity index (χ2v) is 13.9. The van der Waals surface area contributed by atoms with E-state index in [-0.39, 0.29) is 22.3 Å². The predicted octanol–water partition coefficient (Wildman–Crippen LogP) is 8.81. The summed E-state index contributed by atoms with van der Waals surface area (Å²) >= 11 is 0. The molecule has 7 aromatic carbocycles. The van der Waals surface area contributed by atoms with Crippen LogP contribution in [0.3, 0.4) is 0 Å². The van der Waals surface area contributed by atoms with Gasteiger partial charge in [-0.3, -0.25) is 29.0 Å². The van der Waals surface area contributed by atoms with Crippen LogP contribution in [0.2, 0.25) is 0 Å². The van der Waals surface area contributed by atoms with Crippen LogP contribution in [-0.2, 0) is 0 Å². The Balaban J connectivity index is 1.32. The molecule has 2 aliphatic rings. The molecule has 0 spiro atoms. The summed E-state index contributed by atoms with van der Waals surface area (Å²) in [6.45, 7) is 7.54. The molecule has 0 saturated carbocycles. The molecule has 7 aromatic rings. The fourth-order valence-electron chi connectivity index (χ4n) is 8.37. The van der Waals surface area contributed by atoms with Crippen molar-refractivity contribution in [2.45, 2.75) is 39.8 Å². The minimum atomic E-state index is -0.577. The molecular formula is C44H28N4O4. The van der Waals surface area contributed by atoms with Crippen molar-refractivity contribution in [3.05, 3.63) is 141 Å². The molecule has 0 saturated heterocycles. The fraction of sp³-hybridized carbons (Fsp3) is 0.136. The summed E-state index contributed by atoms with van der Waals surface area (Å²) in [5, 5.41) is 25.2. The van der Waals surface area contributed by atoms with Gasteiger partial charge in [-0.05, 0) is 73.9 Å². The molecule has 4 amide bonds. The minimum Gasteiger partial charge on any atom is -0.269 e. The van der Waals surface area contributed by atoms with E-state index in [2.05, 4.69) is 12.1 Å². The zero-order valence-electron chi connectivity index (χ0n) is 28.7. The van der Waals surface area contributed by atoms with Gasteiger partial charge in [0.1, 0.15) is 0 Å². The highest BCUT2D eigenvalue weighted by molar-refractivity contribution is 6.42. The molecule has 2 heterocycles. The molecule has 0 bridgehead atoms. The number of aryl methyl sites for hydroxylation is 2. The van der Waals surface area contributed by atoms with Gasteiger partial charge in [0.15, 0.2) is 0 Å². The standard InChI is InChI=1S/C44H28N4O4/c1-21-5-9-25(10-6-21)23(3)47-41(49)31-15-13-29-36-28(20-46)18-34-38-32(42(50)48(44(34)52)24(4)26-11-7-22(2)8-12-26)16-14-30(40(36)38)35-27(19-45)17-33(43(47)51)37(31)39(29)35/h5-18,23-24H,1-4H3. The van der Waals surface area contributed by atoms with Gasteiger partial charge in [0.05, 0.1) is 46.5 Å². The molecule has 0 N–H and O–H groups in total. The SMILES string of the molecule is Cc1ccc(C(C)N2C(=O)c3ccc4c5c(C#N)cc6c7c(ccc(c8c(C#N)cc(c3c48)C2=O)c75)C(=O)N(C(C)c2ccc(C)cc2)C6=O)cc1. The molecule has 0 fully saturated rings. The first-order valence-electron chi connectivity index (χ1n) is 17.0. The number of benzene rings is 7. The minimum absolute atomic E-state index is 0.208. The Bertz CT molecular complexity index is 2690. The molecule has 0 aromatic heterocycles. The highest BCUT2D eigenvalue weighted by Crippen LogP contribution is 2.49. The summed E-state index contributed by atoms with van der Waals surface area (Å²) in [5.74, 6) is -1.94. The van der Waals surface area contributed by atoms with Crippen molar-refractivity contribution in [1.29, 1.82) is 10.5 Å². The summed E-state index contributed by atoms with van der Waals surface area (Å²) in [6.07, 6.45) is 0. The Hall–Kier alpha value is -6.90. The van der Waals surface area contributed by atoms with Crippen LogP contribution in [0.4, 0.5) is 0 Å². The lowest BCUT2D eigenvalue weighted by atomic mass is 9.79. The normalized spacial score (nSPS) is 15.2. The number of hydrogen-bond acceptors (Lipinski definition) is 6. The second kappa shape index (κ2) is 10.8. The van der Waals surface area contributed by atoms with E-state index in [1.54, 1.807) is 50.2 Å². The molecule has 248 valence electrons. The van der Waals surface area contributed by atoms with Crippen LogP contribution < -0.4 is 0 Å². The first-order chi connectivity index (χ1) is 25.0. The quantitative estimate of drug-likeness (QED) is 0.104. The molecule has 52 heavy (non-hydrogen) atoms. The molecule has 8 heteroatoms. The smallest absolute Gasteiger partial charge is 0.262 e. The Morgan fingerprint density at radius 3 is 1.15 bits per heavy atom. The van der Waals surface area contributed by atoms with E-state index in [1.807, 2.05) is 62.4 Å². The number of rotatable bonds is 4. The van der Waals surface area contributed by atoms with Crippen LogP contribution >= 0.6 is 0 Å². The zero-order valence-corrected chi connectivity index (χ0v) is 28.7. The predicted molar refractivity (Wildman–Crippen MR) is 197 cm³/mol. The van der Waals surface area contributed by atoms with Crippen LogP contribution in [0.5, 0.6) is 0 Å². The number of carbonyl (C=O) groups excluding carboxylic acids is 4. The van der Waals surface area contributed by atoms with Gasteiger partial charge >= 0.3 is 0 Å². The third-order valence-corrected chi connectivity index (χ3v) is 11.0. The topological polar surface area (TPSA) is 122 Å². The first kappa shape index (κ1) is 31.1. The summed E-state index contributed by atoms with van der Waals surface area (Å²) < 4.78 is 0. The average Bonchev–Trinajstić information content (AvgIpc) is 3.15. The maximum atomic E-state index is 14.3. The van der Waals surface area contributed by atoms with Crippen molar-refractivity contribution in [2.24, 2.45) is 0 Å². The monoisotopic (exact) mass is 676 g/mol. The number of imide groups is 2. The van der Waals surface area contributed by atoms with Gasteiger partial charge in [-0.2, -0.15) is 10.5 Å². The summed E-state index contributed by atoms with van der Waals surface area (Å²) in [5.41, 5.74) is 5.20. The third kappa shape index (κ3) is 3.95. The van der Waals surface area contributed by atoms with E-state index >= 15 is 0 Å². The molecular weight excluding hydrogens is 649 g/mol. The number of nitriles is 2. The maximum absolute atomic E-state index is 14.3. The lowest BCUT2D eigenvalue weighted by Crippen LogP contribution is -2.42. The average molecular weight is 677 g/mol. The summed E-state index contributed by atoms with van der Waals surface area (Å²) in [7, 11) is 0. The van der Waals surface area contributed by atoms with Crippen molar-refractivity contribution in [2.75, 3.05) is 0 Å². The van der Waals surface area contributed by atoms with E-state index in [1.165, 1.54) is 9.80 Å². The third-order valence-electron chi connectivity index (χ3n) is 11.0. The molecule has 8 nitrogen and oxygen atoms in total. The lowest BCUT2D eigenvalue weighted by Gasteiger charge is -2.34. The molecule has 2 unspecified atom stereocenters. The van der Waals surface area contributed by atoms with Crippen LogP contribution in [0, 0.1) is 36.5 Å². The van der Waals surface area contributed by atoms with Crippen LogP contribution in [0.25, 0.3) is 43.1 Å². The zero-order chi connectivity index (χ0) is 36.3. The second-order valence-electron chi connectivity index (χ2n) is 13.9. The van der Waals surface area contributed by atoms with Gasteiger partial charge in [-0.15, -0.1) is 0 Å². The van der Waals surface area contributed by atoms with Gasteiger partial charge in [0.2, 0.25) is 0 Å². The Kier molecular flexibility index (Phi) is 6.46. The Labute approximate surface area is 298 Å². The summed E-state index contributed by atoms with van der Waals surface area (Å²) in [6, 6.07) is 28.7. The van der Waals surface area contributed by atoms with E-state index in [0.717, 1.165) is 22.3 Å². The van der Waals surface area contributed by atoms with Crippen molar-refractivity contribution in [3.63, 3.8) is 0 Å². The maximum Gasteiger partial charge on any atom is 0.262 e. The van der Waals surface area contributed by atoms with Crippen molar-refractivity contribution in [1.82, 2.24) is 9.80 Å². The van der Waals surface area contributed by atoms with Crippen LogP contribution in [0.15, 0.2) is 84.9 Å². The number of hydrogen-bond donors (Lipinski definition) is 0. The molecule has 2 atom stereocenters. The molecule has 2 aliphatic heterocycles. The molecule has 0 aliphatic carbocycles. The summed E-state index contributed by atoms with van der Waals surface area (Å²) in [4.78, 5) is 59.7. The number of carbonyl (C=O) groups is 4. The van der Waals surface area contributed by atoms with Gasteiger partial charge in [0, 0.05) is 43.4 Å². The number of amides is 4. The first-order valence-corrected chi connectivity index (χ1v) is 17.0. The lowest BCUT2D eigenvalue weighted by molar-refractivity contribution is 0.0534. The fourth-order valence-corrected chi connectivity index (χ4v) is 8.37. The van der Waals surface area contributed by atoms with E-state index in [4.69, 9.17) is 0 Å². The molecule has 0 radical (unpaired) electrons. The number of nitrogens with zero attached hydrogens (tertiary/aromatic N) is 4. The van der Waals surface area contributed by atoms with Crippen molar-refractivity contribution in [3.8, 4) is 12.1 Å². The largest absolute Gasteiger partial charge is 0.269 e. The van der Waals surface area contributed by atoms with Gasteiger partial charge < -0.3 is 0 Å². The van der Waals surface area contributed by atoms with E-state index in [0.29, 0.717) is 54.2 Å². The van der Waals surface area contributed by atoms with E-state index in [9.17, 15) is 29.7 Å². The highest BCUT2D eigenvalue weighted by atomic mass is 16.2. The van der Waals surface area contributed by atoms with Gasteiger partial charge in [-0.1, -0.05) is 71.8 Å².